The lowest BCUT2D eigenvalue weighted by Crippen LogP contribution is -2.20. The molecule has 2 aromatic rings. The van der Waals surface area contributed by atoms with Crippen LogP contribution in [0, 0.1) is 0 Å². The molecule has 0 bridgehead atoms. The van der Waals surface area contributed by atoms with Crippen LogP contribution in [-0.2, 0) is 0 Å². The molecular formula is C15H16O2. The number of hydrogen-bond acceptors (Lipinski definition) is 2. The second-order valence-electron chi connectivity index (χ2n) is 4.00. The highest BCUT2D eigenvalue weighted by Gasteiger charge is 2.18. The van der Waals surface area contributed by atoms with E-state index in [1.165, 1.54) is 0 Å². The first-order valence-corrected chi connectivity index (χ1v) is 5.72. The van der Waals surface area contributed by atoms with Crippen molar-refractivity contribution in [2.24, 2.45) is 0 Å². The Hall–Kier alpha value is -1.80. The van der Waals surface area contributed by atoms with Gasteiger partial charge in [0, 0.05) is 0 Å². The molecule has 2 heteroatoms. The molecule has 0 saturated carbocycles. The maximum absolute atomic E-state index is 9.80. The summed E-state index contributed by atoms with van der Waals surface area (Å²) >= 11 is 0. The quantitative estimate of drug-likeness (QED) is 0.870. The molecule has 0 aliphatic carbocycles. The third-order valence-corrected chi connectivity index (χ3v) is 2.57. The van der Waals surface area contributed by atoms with Gasteiger partial charge in [-0.15, -0.1) is 0 Å². The van der Waals surface area contributed by atoms with Crippen molar-refractivity contribution in [1.82, 2.24) is 0 Å². The number of benzene rings is 2. The molecule has 0 spiro atoms. The molecule has 0 unspecified atom stereocenters. The van der Waals surface area contributed by atoms with Crippen LogP contribution in [0.15, 0.2) is 60.7 Å². The monoisotopic (exact) mass is 228 g/mol. The van der Waals surface area contributed by atoms with Crippen LogP contribution in [-0.4, -0.2) is 11.2 Å². The summed E-state index contributed by atoms with van der Waals surface area (Å²) < 4.78 is 5.81. The maximum atomic E-state index is 9.80. The highest BCUT2D eigenvalue weighted by atomic mass is 16.5. The average molecular weight is 228 g/mol. The van der Waals surface area contributed by atoms with Crippen LogP contribution in [0.4, 0.5) is 0 Å². The van der Waals surface area contributed by atoms with E-state index in [1.54, 1.807) is 6.92 Å². The fraction of sp³-hybridized carbons (Fsp3) is 0.200. The summed E-state index contributed by atoms with van der Waals surface area (Å²) in [5.41, 5.74) is 0.978. The first-order valence-electron chi connectivity index (χ1n) is 5.72. The number of aliphatic hydroxyl groups excluding tert-OH is 1. The predicted molar refractivity (Wildman–Crippen MR) is 67.9 cm³/mol. The molecule has 17 heavy (non-hydrogen) atoms. The fourth-order valence-electron chi connectivity index (χ4n) is 1.73. The summed E-state index contributed by atoms with van der Waals surface area (Å²) in [5.74, 6) is 0.766. The zero-order valence-corrected chi connectivity index (χ0v) is 9.78. The molecule has 2 aromatic carbocycles. The smallest absolute Gasteiger partial charge is 0.149 e. The molecule has 0 fully saturated rings. The van der Waals surface area contributed by atoms with Crippen molar-refractivity contribution in [1.29, 1.82) is 0 Å². The molecule has 2 atom stereocenters. The van der Waals surface area contributed by atoms with Crippen molar-refractivity contribution >= 4 is 0 Å². The number of ether oxygens (including phenoxy) is 1. The lowest BCUT2D eigenvalue weighted by molar-refractivity contribution is 0.0480. The highest BCUT2D eigenvalue weighted by Crippen LogP contribution is 2.24. The van der Waals surface area contributed by atoms with Gasteiger partial charge in [0.1, 0.15) is 11.9 Å². The zero-order chi connectivity index (χ0) is 12.1. The van der Waals surface area contributed by atoms with Gasteiger partial charge in [-0.05, 0) is 24.6 Å². The molecule has 0 radical (unpaired) electrons. The van der Waals surface area contributed by atoms with E-state index in [9.17, 15) is 5.11 Å². The van der Waals surface area contributed by atoms with Crippen LogP contribution >= 0.6 is 0 Å². The van der Waals surface area contributed by atoms with Crippen LogP contribution in [0.3, 0.4) is 0 Å². The number of para-hydroxylation sites is 1. The molecule has 0 aromatic heterocycles. The van der Waals surface area contributed by atoms with Gasteiger partial charge < -0.3 is 9.84 Å². The molecule has 0 heterocycles. The lowest BCUT2D eigenvalue weighted by Gasteiger charge is -2.22. The van der Waals surface area contributed by atoms with E-state index in [0.717, 1.165) is 11.3 Å². The van der Waals surface area contributed by atoms with Gasteiger partial charge in [-0.2, -0.15) is 0 Å². The lowest BCUT2D eigenvalue weighted by atomic mass is 10.1. The summed E-state index contributed by atoms with van der Waals surface area (Å²) in [7, 11) is 0. The molecule has 0 saturated heterocycles. The van der Waals surface area contributed by atoms with Crippen LogP contribution in [0.5, 0.6) is 5.75 Å². The van der Waals surface area contributed by atoms with Crippen LogP contribution < -0.4 is 4.74 Å². The van der Waals surface area contributed by atoms with E-state index >= 15 is 0 Å². The Morgan fingerprint density at radius 1 is 0.882 bits per heavy atom. The third-order valence-electron chi connectivity index (χ3n) is 2.57. The van der Waals surface area contributed by atoms with Gasteiger partial charge in [0.25, 0.3) is 0 Å². The molecular weight excluding hydrogens is 212 g/mol. The SMILES string of the molecule is C[C@H](O)[C@H](Oc1ccccc1)c1ccccc1. The van der Waals surface area contributed by atoms with Crippen molar-refractivity contribution < 1.29 is 9.84 Å². The standard InChI is InChI=1S/C15H16O2/c1-12(16)15(13-8-4-2-5-9-13)17-14-10-6-3-7-11-14/h2-12,15-16H,1H3/t12-,15-/m0/s1. The molecule has 0 aliphatic rings. The topological polar surface area (TPSA) is 29.5 Å². The summed E-state index contributed by atoms with van der Waals surface area (Å²) in [6, 6.07) is 19.3. The van der Waals surface area contributed by atoms with Crippen molar-refractivity contribution in [3.05, 3.63) is 66.2 Å². The Morgan fingerprint density at radius 2 is 1.41 bits per heavy atom. The number of rotatable bonds is 4. The van der Waals surface area contributed by atoms with Crippen LogP contribution in [0.2, 0.25) is 0 Å². The largest absolute Gasteiger partial charge is 0.483 e. The Kier molecular flexibility index (Phi) is 3.78. The summed E-state index contributed by atoms with van der Waals surface area (Å²) in [5, 5.41) is 9.80. The summed E-state index contributed by atoms with van der Waals surface area (Å²) in [6.45, 7) is 1.74. The first-order chi connectivity index (χ1) is 8.27. The average Bonchev–Trinajstić information content (AvgIpc) is 2.38. The maximum Gasteiger partial charge on any atom is 0.149 e. The highest BCUT2D eigenvalue weighted by molar-refractivity contribution is 5.25. The molecule has 1 N–H and O–H groups in total. The number of aliphatic hydroxyl groups is 1. The Balaban J connectivity index is 2.20. The second-order valence-corrected chi connectivity index (χ2v) is 4.00. The second kappa shape index (κ2) is 5.51. The summed E-state index contributed by atoms with van der Waals surface area (Å²) in [4.78, 5) is 0. The Bertz CT molecular complexity index is 437. The van der Waals surface area contributed by atoms with Crippen molar-refractivity contribution in [2.75, 3.05) is 0 Å². The zero-order valence-electron chi connectivity index (χ0n) is 9.78. The molecule has 88 valence electrons. The first kappa shape index (κ1) is 11.7. The van der Waals surface area contributed by atoms with Crippen LogP contribution in [0.1, 0.15) is 18.6 Å². The fourth-order valence-corrected chi connectivity index (χ4v) is 1.73. The number of hydrogen-bond donors (Lipinski definition) is 1. The van der Waals surface area contributed by atoms with E-state index in [1.807, 2.05) is 60.7 Å². The van der Waals surface area contributed by atoms with Gasteiger partial charge in [0.05, 0.1) is 6.10 Å². The van der Waals surface area contributed by atoms with Crippen molar-refractivity contribution in [3.8, 4) is 5.75 Å². The van der Waals surface area contributed by atoms with Gasteiger partial charge in [-0.3, -0.25) is 0 Å². The van der Waals surface area contributed by atoms with Crippen LogP contribution in [0.25, 0.3) is 0 Å². The van der Waals surface area contributed by atoms with Gasteiger partial charge in [-0.1, -0.05) is 48.5 Å². The predicted octanol–water partition coefficient (Wildman–Crippen LogP) is 3.19. The minimum Gasteiger partial charge on any atom is -0.483 e. The van der Waals surface area contributed by atoms with E-state index < -0.39 is 6.10 Å². The molecule has 2 nitrogen and oxygen atoms in total. The van der Waals surface area contributed by atoms with Gasteiger partial charge in [0.2, 0.25) is 0 Å². The van der Waals surface area contributed by atoms with E-state index in [0.29, 0.717) is 0 Å². The third kappa shape index (κ3) is 3.08. The van der Waals surface area contributed by atoms with Crippen molar-refractivity contribution in [2.45, 2.75) is 19.1 Å². The molecule has 0 amide bonds. The summed E-state index contributed by atoms with van der Waals surface area (Å²) in [6.07, 6.45) is -0.892. The van der Waals surface area contributed by atoms with E-state index in [2.05, 4.69) is 0 Å². The Labute approximate surface area is 101 Å². The van der Waals surface area contributed by atoms with Crippen molar-refractivity contribution in [3.63, 3.8) is 0 Å². The minimum absolute atomic E-state index is 0.335. The Morgan fingerprint density at radius 3 is 1.94 bits per heavy atom. The minimum atomic E-state index is -0.558. The van der Waals surface area contributed by atoms with E-state index in [-0.39, 0.29) is 6.10 Å². The molecule has 2 rings (SSSR count). The normalized spacial score (nSPS) is 14.0. The van der Waals surface area contributed by atoms with Gasteiger partial charge in [-0.25, -0.2) is 0 Å². The molecule has 0 aliphatic heterocycles. The van der Waals surface area contributed by atoms with E-state index in [4.69, 9.17) is 4.74 Å². The van der Waals surface area contributed by atoms with Gasteiger partial charge in [0.15, 0.2) is 0 Å². The van der Waals surface area contributed by atoms with Gasteiger partial charge >= 0.3 is 0 Å².